The number of hydrogen-bond acceptors (Lipinski definition) is 19. The monoisotopic (exact) mass is 1630 g/mol. The number of nitrogens with one attached hydrogen (secondary N) is 1. The number of nitrogens with zero attached hydrogens (tertiary/aromatic N) is 9. The third kappa shape index (κ3) is 18.8. The summed E-state index contributed by atoms with van der Waals surface area (Å²) in [7, 11) is 2.89. The standard InChI is InChI=1S/C21H20Cl3N3O3.C19H20Cl2N4O4.C15H16ClN3O3.C6H3Cl2.CH5NO.2CH4.BrH.2ClH.Mg/c1-21(2)29-17-12(16(28)10-3-4-13(22)14(23)7-10)8-15(18(17)30-21)27-6-5-11-19(24)25-9-26-20(11)27;1-29-24-18-10-4-5-25(19(10)23-8-22-18)14-7-11(16(27)17(14)28)15(26)9-2-3-12(20)13(21)6-9;1-15(2)21-11-8(6-20)5-10(12(11)22-15)19-4-3-9-13(16)17-7-18-14(9)19;7-5-3-1-2-4-6(5)8;1-3-2;;;;;;/h3-7,9,12,15-18,28H,8H2,1-2H3;2-6,8,11,14-17,26-28H,7H2,1H3,(H,22,23,24);3-4,6-8,10-12H,5H2,1-2H3;1,3-4H;2H2,1H3;2*1H4;3*1H;/q;;;-1;;;;;;;+2/p-1/t12-,15-,16-,17-,18+;11-,14-,15-,16-,17+;8-,10-,11-,12+;;;;;;;;/m111......../s1. The van der Waals surface area contributed by atoms with Gasteiger partial charge in [0.25, 0.3) is 0 Å². The van der Waals surface area contributed by atoms with E-state index in [1.807, 2.05) is 61.4 Å². The number of carbonyl (C=O) groups excluding carboxylic acids is 1. The molecule has 9 aromatic rings. The molecule has 8 heterocycles. The Balaban J connectivity index is 0.000000283. The number of carbonyl (C=O) groups is 1. The normalized spacial score (nSPS) is 24.7. The molecule has 3 aliphatic carbocycles. The molecule has 34 heteroatoms. The molecule has 98 heavy (non-hydrogen) atoms. The van der Waals surface area contributed by atoms with Gasteiger partial charge in [-0.05, 0) is 101 Å². The molecule has 6 aromatic heterocycles. The van der Waals surface area contributed by atoms with Crippen LogP contribution in [0.25, 0.3) is 33.1 Å². The van der Waals surface area contributed by atoms with Crippen molar-refractivity contribution in [2.24, 2.45) is 23.7 Å². The summed E-state index contributed by atoms with van der Waals surface area (Å²) >= 11 is 47.7. The molecule has 3 saturated carbocycles. The second-order valence-electron chi connectivity index (χ2n) is 23.2. The number of hydrogen-bond donors (Lipinski definition) is 6. The number of rotatable bonds is 10. The minimum Gasteiger partial charge on any atom is -1.00 e. The van der Waals surface area contributed by atoms with Crippen LogP contribution in [0.15, 0.2) is 110 Å². The molecule has 3 aromatic carbocycles. The Morgan fingerprint density at radius 3 is 1.47 bits per heavy atom. The van der Waals surface area contributed by atoms with E-state index in [-0.39, 0.29) is 128 Å². The van der Waals surface area contributed by atoms with Crippen LogP contribution >= 0.6 is 118 Å². The van der Waals surface area contributed by atoms with Gasteiger partial charge in [0.1, 0.15) is 70.8 Å². The zero-order valence-corrected chi connectivity index (χ0v) is 62.5. The van der Waals surface area contributed by atoms with E-state index in [9.17, 15) is 25.2 Å². The Labute approximate surface area is 646 Å². The van der Waals surface area contributed by atoms with E-state index in [1.165, 1.54) is 33.2 Å². The summed E-state index contributed by atoms with van der Waals surface area (Å²) in [6.45, 7) is 7.52. The summed E-state index contributed by atoms with van der Waals surface area (Å²) in [5.74, 6) is 2.45. The summed E-state index contributed by atoms with van der Waals surface area (Å²) in [4.78, 5) is 45.3. The number of aliphatic hydroxyl groups is 4. The molecule has 2 saturated heterocycles. The number of anilines is 1. The van der Waals surface area contributed by atoms with Crippen molar-refractivity contribution in [2.75, 3.05) is 19.7 Å². The number of aliphatic hydroxyl groups excluding tert-OH is 4. The molecule has 22 nitrogen and oxygen atoms in total. The third-order valence-electron chi connectivity index (χ3n) is 16.7. The summed E-state index contributed by atoms with van der Waals surface area (Å²) in [6, 6.07) is 22.9. The van der Waals surface area contributed by atoms with Gasteiger partial charge in [-0.3, -0.25) is 4.84 Å². The average Bonchev–Trinajstić information content (AvgIpc) is 1.59. The van der Waals surface area contributed by atoms with Gasteiger partial charge in [0, 0.05) is 36.3 Å². The second kappa shape index (κ2) is 37.4. The van der Waals surface area contributed by atoms with Gasteiger partial charge >= 0.3 is 23.1 Å². The first-order chi connectivity index (χ1) is 43.9. The molecule has 14 rings (SSSR count). The molecule has 5 aliphatic rings. The Bertz CT molecular complexity index is 4060. The van der Waals surface area contributed by atoms with Gasteiger partial charge in [-0.15, -0.1) is 36.4 Å². The fraction of sp³-hybridized carbons (Fsp3) is 0.422. The van der Waals surface area contributed by atoms with E-state index in [2.05, 4.69) is 52.2 Å². The fourth-order valence-corrected chi connectivity index (χ4v) is 14.0. The zero-order chi connectivity index (χ0) is 66.1. The van der Waals surface area contributed by atoms with Crippen molar-refractivity contribution in [1.29, 1.82) is 0 Å². The third-order valence-corrected chi connectivity index (χ3v) is 19.5. The Kier molecular flexibility index (Phi) is 33.3. The van der Waals surface area contributed by atoms with Crippen molar-refractivity contribution >= 4 is 186 Å². The van der Waals surface area contributed by atoms with Crippen LogP contribution in [0.4, 0.5) is 5.82 Å². The van der Waals surface area contributed by atoms with Crippen molar-refractivity contribution in [3.63, 3.8) is 0 Å². The van der Waals surface area contributed by atoms with Crippen LogP contribution in [0.1, 0.15) is 103 Å². The van der Waals surface area contributed by atoms with Gasteiger partial charge in [-0.2, -0.15) is 35.9 Å². The van der Waals surface area contributed by atoms with Gasteiger partial charge in [-0.25, -0.2) is 41.3 Å². The molecule has 530 valence electrons. The molecule has 7 N–H and O–H groups in total. The van der Waals surface area contributed by atoms with Crippen LogP contribution in [-0.2, 0) is 33.4 Å². The molecule has 14 atom stereocenters. The smallest absolute Gasteiger partial charge is 1.00 e. The SMILES string of the molecule is C.C.CC1(C)O[C@@H]2[C@@H]([C@H](O)c3ccc(Cl)c(Cl)c3)C[C@@H](n3ccc4c(Cl)ncnc43)[C@@H]2O1.CC1(C)O[C@@H]2[C@H](O1)[C@@H](C=O)C[C@H]2n1ccc2c(Cl)ncnc21.CON.CONc1ncnc2c1ccn2[C@@H]1C[C@H]([C@H](O)c2ccc(Cl)c(Cl)c2)[C@@H](O)[C@H]1O.Cl.Cl.Clc1c[c-]ccc1Cl.[Br-].[Mg+2]. The van der Waals surface area contributed by atoms with E-state index in [1.54, 1.807) is 71.4 Å². The van der Waals surface area contributed by atoms with Crippen LogP contribution in [0.5, 0.6) is 0 Å². The Hall–Kier alpha value is -3.30. The number of nitrogens with two attached hydrogens (primary N) is 1. The first-order valence-corrected chi connectivity index (χ1v) is 31.8. The predicted octanol–water partition coefficient (Wildman–Crippen LogP) is 11.3. The van der Waals surface area contributed by atoms with Crippen molar-refractivity contribution in [2.45, 2.75) is 140 Å². The quantitative estimate of drug-likeness (QED) is 0.0244. The maximum Gasteiger partial charge on any atom is 2.00 e. The van der Waals surface area contributed by atoms with Crippen molar-refractivity contribution in [3.05, 3.63) is 168 Å². The van der Waals surface area contributed by atoms with Gasteiger partial charge < -0.3 is 79.7 Å². The second-order valence-corrected chi connectivity index (χ2v) is 26.4. The molecular formula is C64H74BrCl10MgN11O11. The minimum absolute atomic E-state index is 0. The van der Waals surface area contributed by atoms with Crippen molar-refractivity contribution in [3.8, 4) is 0 Å². The Morgan fingerprint density at radius 2 is 1.00 bits per heavy atom. The Morgan fingerprint density at radius 1 is 0.582 bits per heavy atom. The molecule has 0 unspecified atom stereocenters. The molecule has 0 amide bonds. The van der Waals surface area contributed by atoms with Crippen LogP contribution in [0.3, 0.4) is 0 Å². The number of fused-ring (bicyclic) bond motifs is 5. The van der Waals surface area contributed by atoms with Crippen molar-refractivity contribution < 1.29 is 70.8 Å². The number of halogens is 11. The van der Waals surface area contributed by atoms with E-state index in [0.29, 0.717) is 87.7 Å². The first-order valence-electron chi connectivity index (χ1n) is 28.8. The van der Waals surface area contributed by atoms with Gasteiger partial charge in [0.2, 0.25) is 0 Å². The summed E-state index contributed by atoms with van der Waals surface area (Å²) in [6.07, 6.45) is 7.61. The average molecular weight is 1630 g/mol. The maximum absolute atomic E-state index is 11.4. The minimum atomic E-state index is -1.12. The molecule has 0 radical (unpaired) electrons. The fourth-order valence-electron chi connectivity index (χ4n) is 12.7. The van der Waals surface area contributed by atoms with E-state index in [0.717, 1.165) is 28.4 Å². The van der Waals surface area contributed by atoms with Gasteiger partial charge in [0.05, 0.1) is 99.1 Å². The molecule has 5 fully saturated rings. The summed E-state index contributed by atoms with van der Waals surface area (Å²) in [5.41, 5.74) is 5.99. The molecule has 0 spiro atoms. The number of aldehydes is 1. The van der Waals surface area contributed by atoms with E-state index < -0.39 is 47.9 Å². The van der Waals surface area contributed by atoms with Gasteiger partial charge in [0.15, 0.2) is 17.4 Å². The largest absolute Gasteiger partial charge is 2.00 e. The van der Waals surface area contributed by atoms with Crippen LogP contribution < -0.4 is 28.4 Å². The van der Waals surface area contributed by atoms with Crippen LogP contribution in [0, 0.1) is 23.8 Å². The number of benzene rings is 3. The predicted molar refractivity (Wildman–Crippen MR) is 383 cm³/mol. The number of aromatic nitrogens is 9. The zero-order valence-electron chi connectivity index (χ0n) is 51.8. The van der Waals surface area contributed by atoms with E-state index in [4.69, 9.17) is 117 Å². The van der Waals surface area contributed by atoms with Crippen LogP contribution in [0.2, 0.25) is 40.4 Å². The van der Waals surface area contributed by atoms with Gasteiger partial charge in [-0.1, -0.05) is 107 Å². The molecule has 2 aliphatic heterocycles. The number of ether oxygens (including phenoxy) is 4. The topological polar surface area (TPSA) is 284 Å². The first kappa shape index (κ1) is 87.1. The maximum atomic E-state index is 11.4. The van der Waals surface area contributed by atoms with Crippen molar-refractivity contribution in [1.82, 2.24) is 43.6 Å². The summed E-state index contributed by atoms with van der Waals surface area (Å²) in [5, 5.41) is 49.2. The van der Waals surface area contributed by atoms with Crippen LogP contribution in [-0.4, -0.2) is 156 Å². The molecule has 0 bridgehead atoms. The molecular weight excluding hydrogens is 1560 g/mol. The summed E-state index contributed by atoms with van der Waals surface area (Å²) < 4.78 is 30.3. The van der Waals surface area contributed by atoms with E-state index >= 15 is 0 Å².